The Morgan fingerprint density at radius 3 is 2.46 bits per heavy atom. The zero-order valence-corrected chi connectivity index (χ0v) is 14.3. The van der Waals surface area contributed by atoms with Gasteiger partial charge in [0, 0.05) is 29.8 Å². The summed E-state index contributed by atoms with van der Waals surface area (Å²) in [7, 11) is 0. The molecule has 2 aromatic carbocycles. The van der Waals surface area contributed by atoms with Crippen LogP contribution in [-0.4, -0.2) is 21.6 Å². The molecule has 0 aliphatic carbocycles. The highest BCUT2D eigenvalue weighted by Crippen LogP contribution is 2.25. The second-order valence-corrected chi connectivity index (χ2v) is 6.28. The fraction of sp³-hybridized carbons (Fsp3) is 0.150. The van der Waals surface area contributed by atoms with Gasteiger partial charge < -0.3 is 10.6 Å². The monoisotopic (exact) mass is 346 g/mol. The lowest BCUT2D eigenvalue weighted by atomic mass is 10.1. The summed E-state index contributed by atoms with van der Waals surface area (Å²) in [4.78, 5) is 25.3. The Morgan fingerprint density at radius 2 is 1.73 bits per heavy atom. The minimum Gasteiger partial charge on any atom is -0.307 e. The molecule has 0 atom stereocenters. The van der Waals surface area contributed by atoms with Gasteiger partial charge in [-0.05, 0) is 31.2 Å². The number of anilines is 1. The molecular formula is C20H18N4O2. The molecule has 6 nitrogen and oxygen atoms in total. The van der Waals surface area contributed by atoms with Crippen molar-refractivity contribution in [3.63, 3.8) is 0 Å². The molecule has 0 radical (unpaired) electrons. The maximum Gasteiger partial charge on any atom is 0.278 e. The lowest BCUT2D eigenvalue weighted by molar-refractivity contribution is 0.0939. The fourth-order valence-corrected chi connectivity index (χ4v) is 3.01. The molecule has 26 heavy (non-hydrogen) atoms. The number of fused-ring (bicyclic) bond motifs is 1. The van der Waals surface area contributed by atoms with Gasteiger partial charge in [0.25, 0.3) is 11.8 Å². The molecule has 0 unspecified atom stereocenters. The van der Waals surface area contributed by atoms with Crippen LogP contribution in [0.1, 0.15) is 37.5 Å². The van der Waals surface area contributed by atoms with Gasteiger partial charge in [-0.3, -0.25) is 9.59 Å². The second kappa shape index (κ2) is 6.57. The normalized spacial score (nSPS) is 12.7. The van der Waals surface area contributed by atoms with Gasteiger partial charge in [-0.1, -0.05) is 35.9 Å². The summed E-state index contributed by atoms with van der Waals surface area (Å²) in [5, 5.41) is 10.4. The molecule has 0 bridgehead atoms. The van der Waals surface area contributed by atoms with Crippen LogP contribution in [0.4, 0.5) is 5.82 Å². The van der Waals surface area contributed by atoms with E-state index in [0.29, 0.717) is 30.0 Å². The zero-order chi connectivity index (χ0) is 18.1. The second-order valence-electron chi connectivity index (χ2n) is 6.28. The van der Waals surface area contributed by atoms with Crippen molar-refractivity contribution < 1.29 is 9.59 Å². The predicted molar refractivity (Wildman–Crippen MR) is 98.1 cm³/mol. The molecule has 1 aliphatic heterocycles. The zero-order valence-electron chi connectivity index (χ0n) is 14.3. The van der Waals surface area contributed by atoms with Gasteiger partial charge in [-0.15, -0.1) is 5.10 Å². The van der Waals surface area contributed by atoms with Crippen molar-refractivity contribution in [1.82, 2.24) is 15.1 Å². The third-order valence-electron chi connectivity index (χ3n) is 4.44. The van der Waals surface area contributed by atoms with Crippen molar-refractivity contribution in [2.24, 2.45) is 0 Å². The van der Waals surface area contributed by atoms with Crippen LogP contribution in [0.15, 0.2) is 54.6 Å². The van der Waals surface area contributed by atoms with Crippen molar-refractivity contribution in [1.29, 1.82) is 0 Å². The molecule has 4 rings (SSSR count). The first kappa shape index (κ1) is 16.2. The number of rotatable bonds is 3. The van der Waals surface area contributed by atoms with Crippen molar-refractivity contribution in [2.45, 2.75) is 20.0 Å². The van der Waals surface area contributed by atoms with E-state index in [-0.39, 0.29) is 11.8 Å². The van der Waals surface area contributed by atoms with E-state index < -0.39 is 0 Å². The molecule has 0 saturated carbocycles. The first-order valence-corrected chi connectivity index (χ1v) is 8.43. The predicted octanol–water partition coefficient (Wildman–Crippen LogP) is 2.74. The van der Waals surface area contributed by atoms with Gasteiger partial charge in [0.05, 0.1) is 5.69 Å². The average Bonchev–Trinajstić information content (AvgIpc) is 3.26. The van der Waals surface area contributed by atoms with E-state index in [1.54, 1.807) is 24.3 Å². The number of amides is 1. The Morgan fingerprint density at radius 1 is 1.00 bits per heavy atom. The number of hydrogen-bond acceptors (Lipinski definition) is 4. The molecule has 2 heterocycles. The van der Waals surface area contributed by atoms with E-state index in [4.69, 9.17) is 0 Å². The van der Waals surface area contributed by atoms with Crippen molar-refractivity contribution in [2.75, 3.05) is 5.32 Å². The van der Waals surface area contributed by atoms with Gasteiger partial charge in [0.15, 0.2) is 5.82 Å². The molecule has 3 aromatic rings. The van der Waals surface area contributed by atoms with Gasteiger partial charge in [-0.25, -0.2) is 0 Å². The first-order chi connectivity index (χ1) is 12.6. The number of aromatic nitrogens is 2. The quantitative estimate of drug-likeness (QED) is 0.765. The number of nitrogens with zero attached hydrogens (tertiary/aromatic N) is 2. The largest absolute Gasteiger partial charge is 0.307 e. The molecular weight excluding hydrogens is 328 g/mol. The maximum absolute atomic E-state index is 12.8. The van der Waals surface area contributed by atoms with E-state index in [2.05, 4.69) is 15.7 Å². The van der Waals surface area contributed by atoms with Crippen LogP contribution >= 0.6 is 0 Å². The molecule has 2 N–H and O–H groups in total. The molecule has 1 aromatic heterocycles. The molecule has 130 valence electrons. The topological polar surface area (TPSA) is 76.0 Å². The third kappa shape index (κ3) is 2.91. The van der Waals surface area contributed by atoms with Crippen molar-refractivity contribution >= 4 is 17.6 Å². The molecule has 1 amide bonds. The Kier molecular flexibility index (Phi) is 4.10. The highest BCUT2D eigenvalue weighted by Gasteiger charge is 2.26. The number of carbonyl (C=O) groups is 2. The van der Waals surface area contributed by atoms with Crippen LogP contribution in [0.25, 0.3) is 0 Å². The highest BCUT2D eigenvalue weighted by atomic mass is 16.2. The van der Waals surface area contributed by atoms with E-state index in [1.165, 1.54) is 4.68 Å². The van der Waals surface area contributed by atoms with Crippen molar-refractivity contribution in [3.05, 3.63) is 82.5 Å². The Bertz CT molecular complexity index is 975. The summed E-state index contributed by atoms with van der Waals surface area (Å²) < 4.78 is 1.38. The molecule has 0 spiro atoms. The summed E-state index contributed by atoms with van der Waals surface area (Å²) in [5.41, 5.74) is 3.84. The van der Waals surface area contributed by atoms with Gasteiger partial charge in [-0.2, -0.15) is 4.68 Å². The van der Waals surface area contributed by atoms with E-state index in [0.717, 1.165) is 16.8 Å². The highest BCUT2D eigenvalue weighted by molar-refractivity contribution is 6.04. The fourth-order valence-electron chi connectivity index (χ4n) is 3.01. The number of carbonyl (C=O) groups excluding carboxylic acids is 2. The number of aryl methyl sites for hydroxylation is 1. The van der Waals surface area contributed by atoms with Gasteiger partial charge >= 0.3 is 0 Å². The SMILES string of the molecule is Cc1ccc(C(=O)Nc2nn(C(=O)c3ccccc3)c3c2CNC3)cc1. The minimum absolute atomic E-state index is 0.207. The maximum atomic E-state index is 12.8. The van der Waals surface area contributed by atoms with Crippen LogP contribution in [0.2, 0.25) is 0 Å². The summed E-state index contributed by atoms with van der Waals surface area (Å²) in [6.07, 6.45) is 0. The smallest absolute Gasteiger partial charge is 0.278 e. The van der Waals surface area contributed by atoms with Crippen LogP contribution in [0, 0.1) is 6.92 Å². The van der Waals surface area contributed by atoms with Crippen molar-refractivity contribution in [3.8, 4) is 0 Å². The Balaban J connectivity index is 1.65. The van der Waals surface area contributed by atoms with Crippen LogP contribution in [0.5, 0.6) is 0 Å². The lowest BCUT2D eigenvalue weighted by Gasteiger charge is -2.05. The Hall–Kier alpha value is -3.25. The number of benzene rings is 2. The summed E-state index contributed by atoms with van der Waals surface area (Å²) in [6, 6.07) is 16.3. The lowest BCUT2D eigenvalue weighted by Crippen LogP contribution is -2.19. The summed E-state index contributed by atoms with van der Waals surface area (Å²) in [6.45, 7) is 3.08. The molecule has 1 aliphatic rings. The van der Waals surface area contributed by atoms with Crippen LogP contribution < -0.4 is 10.6 Å². The van der Waals surface area contributed by atoms with Gasteiger partial charge in [0.1, 0.15) is 0 Å². The van der Waals surface area contributed by atoms with Gasteiger partial charge in [0.2, 0.25) is 0 Å². The molecule has 0 fully saturated rings. The minimum atomic E-state index is -0.239. The van der Waals surface area contributed by atoms with Crippen LogP contribution in [-0.2, 0) is 13.1 Å². The van der Waals surface area contributed by atoms with E-state index in [9.17, 15) is 9.59 Å². The standard InChI is InChI=1S/C20H18N4O2/c1-13-7-9-14(10-8-13)19(25)22-18-16-11-21-12-17(16)24(23-18)20(26)15-5-3-2-4-6-15/h2-10,21H,11-12H2,1H3,(H,22,23,25). The first-order valence-electron chi connectivity index (χ1n) is 8.43. The number of hydrogen-bond donors (Lipinski definition) is 2. The third-order valence-corrected chi connectivity index (χ3v) is 4.44. The molecule has 0 saturated heterocycles. The summed E-state index contributed by atoms with van der Waals surface area (Å²) >= 11 is 0. The average molecular weight is 346 g/mol. The molecule has 6 heteroatoms. The number of nitrogens with one attached hydrogen (secondary N) is 2. The summed E-state index contributed by atoms with van der Waals surface area (Å²) in [5.74, 6) is -0.0160. The van der Waals surface area contributed by atoms with E-state index in [1.807, 2.05) is 37.3 Å². The van der Waals surface area contributed by atoms with E-state index >= 15 is 0 Å². The van der Waals surface area contributed by atoms with Crippen LogP contribution in [0.3, 0.4) is 0 Å². The Labute approximate surface area is 150 Å².